The molecule has 1 saturated heterocycles. The first-order valence-corrected chi connectivity index (χ1v) is 11.1. The Morgan fingerprint density at radius 2 is 1.87 bits per heavy atom. The molecule has 0 spiro atoms. The maximum absolute atomic E-state index is 10.4. The Kier molecular flexibility index (Phi) is 5.65. The molecule has 3 unspecified atom stereocenters. The Hall–Kier alpha value is -2.12. The highest BCUT2D eigenvalue weighted by Gasteiger charge is 2.43. The Morgan fingerprint density at radius 1 is 1.06 bits per heavy atom. The molecule has 3 aliphatic rings. The van der Waals surface area contributed by atoms with E-state index in [1.165, 1.54) is 24.0 Å². The zero-order valence-electron chi connectivity index (χ0n) is 17.9. The van der Waals surface area contributed by atoms with Crippen LogP contribution in [-0.4, -0.2) is 49.4 Å². The van der Waals surface area contributed by atoms with Crippen molar-refractivity contribution >= 4 is 0 Å². The number of rotatable bonds is 6. The van der Waals surface area contributed by atoms with Gasteiger partial charge in [-0.25, -0.2) is 0 Å². The molecule has 2 aliphatic heterocycles. The smallest absolute Gasteiger partial charge is 0.197 e. The van der Waals surface area contributed by atoms with Crippen molar-refractivity contribution in [2.45, 2.75) is 56.0 Å². The molecule has 1 saturated carbocycles. The summed E-state index contributed by atoms with van der Waals surface area (Å²) in [5.41, 5.74) is 4.63. The molecule has 2 N–H and O–H groups in total. The quantitative estimate of drug-likeness (QED) is 0.738. The largest absolute Gasteiger partial charge is 0.486 e. The fourth-order valence-electron chi connectivity index (χ4n) is 4.82. The molecule has 0 radical (unpaired) electrons. The minimum atomic E-state index is -1.06. The van der Waals surface area contributed by atoms with E-state index in [2.05, 4.69) is 30.3 Å². The van der Waals surface area contributed by atoms with Crippen molar-refractivity contribution in [2.75, 3.05) is 26.9 Å². The summed E-state index contributed by atoms with van der Waals surface area (Å²) in [7, 11) is 1.60. The van der Waals surface area contributed by atoms with E-state index in [0.29, 0.717) is 32.0 Å². The summed E-state index contributed by atoms with van der Waals surface area (Å²) in [6.45, 7) is 1.01. The molecule has 2 aromatic rings. The first-order chi connectivity index (χ1) is 15.1. The second kappa shape index (κ2) is 8.43. The Labute approximate surface area is 182 Å². The second-order valence-electron chi connectivity index (χ2n) is 8.82. The fraction of sp³-hybridized carbons (Fsp3) is 0.520. The van der Waals surface area contributed by atoms with Crippen LogP contribution in [0.5, 0.6) is 11.5 Å². The summed E-state index contributed by atoms with van der Waals surface area (Å²) in [5, 5.41) is 20.1. The summed E-state index contributed by atoms with van der Waals surface area (Å²) in [6.07, 6.45) is 2.90. The van der Waals surface area contributed by atoms with Gasteiger partial charge in [0.2, 0.25) is 0 Å². The van der Waals surface area contributed by atoms with Crippen LogP contribution in [0.3, 0.4) is 0 Å². The van der Waals surface area contributed by atoms with E-state index in [0.717, 1.165) is 29.0 Å². The summed E-state index contributed by atoms with van der Waals surface area (Å²) >= 11 is 0. The first kappa shape index (κ1) is 20.8. The van der Waals surface area contributed by atoms with Crippen molar-refractivity contribution in [3.63, 3.8) is 0 Å². The van der Waals surface area contributed by atoms with Crippen LogP contribution in [0.25, 0.3) is 0 Å². The molecule has 1 aliphatic carbocycles. The number of aliphatic hydroxyl groups excluding tert-OH is 2. The average molecular weight is 427 g/mol. The highest BCUT2D eigenvalue weighted by Crippen LogP contribution is 2.45. The fourth-order valence-corrected chi connectivity index (χ4v) is 4.82. The predicted molar refractivity (Wildman–Crippen MR) is 115 cm³/mol. The molecule has 0 bridgehead atoms. The molecule has 0 aromatic heterocycles. The van der Waals surface area contributed by atoms with Gasteiger partial charge in [-0.1, -0.05) is 18.2 Å². The van der Waals surface area contributed by atoms with Gasteiger partial charge in [-0.05, 0) is 60.1 Å². The Morgan fingerprint density at radius 3 is 2.61 bits per heavy atom. The van der Waals surface area contributed by atoms with Crippen LogP contribution < -0.4 is 9.47 Å². The topological polar surface area (TPSA) is 77.4 Å². The molecular formula is C25H30O6. The molecule has 166 valence electrons. The summed E-state index contributed by atoms with van der Waals surface area (Å²) in [6, 6.07) is 12.5. The van der Waals surface area contributed by atoms with Crippen molar-refractivity contribution in [3.05, 3.63) is 58.7 Å². The maximum Gasteiger partial charge on any atom is 0.197 e. The van der Waals surface area contributed by atoms with Crippen LogP contribution in [0.2, 0.25) is 0 Å². The molecular weight excluding hydrogens is 396 g/mol. The van der Waals surface area contributed by atoms with Crippen molar-refractivity contribution in [2.24, 2.45) is 0 Å². The number of hydrogen-bond acceptors (Lipinski definition) is 6. The van der Waals surface area contributed by atoms with Gasteiger partial charge in [0.15, 0.2) is 17.3 Å². The van der Waals surface area contributed by atoms with E-state index in [1.807, 2.05) is 6.07 Å². The highest BCUT2D eigenvalue weighted by atomic mass is 16.7. The minimum absolute atomic E-state index is 0.146. The monoisotopic (exact) mass is 426 g/mol. The molecule has 5 rings (SSSR count). The molecule has 2 aromatic carbocycles. The van der Waals surface area contributed by atoms with Gasteiger partial charge in [-0.15, -0.1) is 0 Å². The van der Waals surface area contributed by atoms with Crippen molar-refractivity contribution in [1.29, 1.82) is 0 Å². The van der Waals surface area contributed by atoms with E-state index < -0.39 is 18.0 Å². The van der Waals surface area contributed by atoms with E-state index in [9.17, 15) is 10.2 Å². The number of benzene rings is 2. The van der Waals surface area contributed by atoms with Gasteiger partial charge in [-0.2, -0.15) is 0 Å². The van der Waals surface area contributed by atoms with Crippen LogP contribution in [0.1, 0.15) is 53.9 Å². The average Bonchev–Trinajstić information content (AvgIpc) is 3.64. The number of aliphatic hydroxyl groups is 2. The van der Waals surface area contributed by atoms with E-state index in [4.69, 9.17) is 18.9 Å². The summed E-state index contributed by atoms with van der Waals surface area (Å²) in [4.78, 5) is 0. The maximum atomic E-state index is 10.4. The van der Waals surface area contributed by atoms with Crippen LogP contribution >= 0.6 is 0 Å². The Bertz CT molecular complexity index is 940. The number of fused-ring (bicyclic) bond motifs is 1. The third kappa shape index (κ3) is 4.17. The lowest BCUT2D eigenvalue weighted by Crippen LogP contribution is -2.46. The molecule has 0 amide bonds. The SMILES string of the molecule is COC1(c2ccc(C3CC3)c(Cc3ccc4c(c3)OCCO4)c2)CC(O)CC(CO)O1. The standard InChI is InChI=1S/C25H30O6/c1-28-25(14-20(27)13-21(15-26)31-25)19-5-6-22(17-3-4-17)18(12-19)10-16-2-7-23-24(11-16)30-9-8-29-23/h2,5-7,11-12,17,20-21,26-27H,3-4,8-10,13-15H2,1H3. The van der Waals surface area contributed by atoms with Crippen molar-refractivity contribution in [1.82, 2.24) is 0 Å². The van der Waals surface area contributed by atoms with Gasteiger partial charge in [0.05, 0.1) is 18.8 Å². The molecule has 6 nitrogen and oxygen atoms in total. The van der Waals surface area contributed by atoms with Gasteiger partial charge in [0, 0.05) is 25.5 Å². The van der Waals surface area contributed by atoms with E-state index in [-0.39, 0.29) is 6.61 Å². The molecule has 31 heavy (non-hydrogen) atoms. The van der Waals surface area contributed by atoms with Crippen molar-refractivity contribution < 1.29 is 29.2 Å². The number of methoxy groups -OCH3 is 1. The lowest BCUT2D eigenvalue weighted by atomic mass is 9.88. The zero-order chi connectivity index (χ0) is 21.4. The van der Waals surface area contributed by atoms with Gasteiger partial charge in [-0.3, -0.25) is 0 Å². The third-order valence-electron chi connectivity index (χ3n) is 6.53. The summed E-state index contributed by atoms with van der Waals surface area (Å²) < 4.78 is 23.4. The van der Waals surface area contributed by atoms with Gasteiger partial charge >= 0.3 is 0 Å². The lowest BCUT2D eigenvalue weighted by Gasteiger charge is -2.42. The van der Waals surface area contributed by atoms with Gasteiger partial charge in [0.25, 0.3) is 0 Å². The van der Waals surface area contributed by atoms with E-state index >= 15 is 0 Å². The number of ether oxygens (including phenoxy) is 4. The second-order valence-corrected chi connectivity index (χ2v) is 8.82. The zero-order valence-corrected chi connectivity index (χ0v) is 17.9. The minimum Gasteiger partial charge on any atom is -0.486 e. The molecule has 3 atom stereocenters. The van der Waals surface area contributed by atoms with Gasteiger partial charge < -0.3 is 29.2 Å². The molecule has 2 fully saturated rings. The molecule has 2 heterocycles. The first-order valence-electron chi connectivity index (χ1n) is 11.1. The van der Waals surface area contributed by atoms with Gasteiger partial charge in [0.1, 0.15) is 13.2 Å². The van der Waals surface area contributed by atoms with Crippen LogP contribution in [0.4, 0.5) is 0 Å². The van der Waals surface area contributed by atoms with Crippen LogP contribution in [0, 0.1) is 0 Å². The molecule has 6 heteroatoms. The Balaban J connectivity index is 1.49. The lowest BCUT2D eigenvalue weighted by molar-refractivity contribution is -0.298. The van der Waals surface area contributed by atoms with E-state index in [1.54, 1.807) is 7.11 Å². The highest BCUT2D eigenvalue weighted by molar-refractivity contribution is 5.47. The van der Waals surface area contributed by atoms with Crippen LogP contribution in [0.15, 0.2) is 36.4 Å². The summed E-state index contributed by atoms with van der Waals surface area (Å²) in [5.74, 6) is 1.13. The number of hydrogen-bond donors (Lipinski definition) is 2. The third-order valence-corrected chi connectivity index (χ3v) is 6.53. The van der Waals surface area contributed by atoms with Crippen LogP contribution in [-0.2, 0) is 21.7 Å². The normalized spacial score (nSPS) is 27.8. The predicted octanol–water partition coefficient (Wildman–Crippen LogP) is 3.26. The van der Waals surface area contributed by atoms with Crippen molar-refractivity contribution in [3.8, 4) is 11.5 Å².